The van der Waals surface area contributed by atoms with Crippen molar-refractivity contribution in [2.24, 2.45) is 16.6 Å². The van der Waals surface area contributed by atoms with Crippen LogP contribution in [0.3, 0.4) is 0 Å². The molecule has 0 bridgehead atoms. The van der Waals surface area contributed by atoms with Crippen molar-refractivity contribution in [3.63, 3.8) is 0 Å². The first-order valence-corrected chi connectivity index (χ1v) is 11.4. The normalized spacial score (nSPS) is 27.3. The van der Waals surface area contributed by atoms with Gasteiger partial charge in [0.15, 0.2) is 5.69 Å². The summed E-state index contributed by atoms with van der Waals surface area (Å²) >= 11 is 0. The Labute approximate surface area is 199 Å². The van der Waals surface area contributed by atoms with Gasteiger partial charge in [0.25, 0.3) is 0 Å². The maximum atomic E-state index is 9.40. The van der Waals surface area contributed by atoms with Crippen molar-refractivity contribution in [3.05, 3.63) is 58.9 Å². The average Bonchev–Trinajstić information content (AvgIpc) is 3.10. The summed E-state index contributed by atoms with van der Waals surface area (Å²) < 4.78 is 12.5. The lowest BCUT2D eigenvalue weighted by atomic mass is 9.79. The second-order valence-corrected chi connectivity index (χ2v) is 9.77. The van der Waals surface area contributed by atoms with Crippen molar-refractivity contribution in [2.45, 2.75) is 50.5 Å². The SMILES string of the molecule is [C-]#[N+]c1cc(C#N)cc(-c2ccc3c(c2)C2(CC(C4CCOC(C)(C)C4)O3)N=C(N)N(C)O2)c1. The molecule has 3 atom stereocenters. The van der Waals surface area contributed by atoms with Crippen LogP contribution in [0.2, 0.25) is 0 Å². The van der Waals surface area contributed by atoms with Crippen molar-refractivity contribution in [2.75, 3.05) is 13.7 Å². The summed E-state index contributed by atoms with van der Waals surface area (Å²) in [5, 5.41) is 10.9. The quantitative estimate of drug-likeness (QED) is 0.668. The van der Waals surface area contributed by atoms with E-state index in [0.717, 1.165) is 29.5 Å². The summed E-state index contributed by atoms with van der Waals surface area (Å²) in [6.07, 6.45) is 2.23. The molecule has 8 nitrogen and oxygen atoms in total. The first-order chi connectivity index (χ1) is 16.2. The molecule has 2 aromatic carbocycles. The smallest absolute Gasteiger partial charge is 0.221 e. The van der Waals surface area contributed by atoms with Crippen LogP contribution in [-0.2, 0) is 15.3 Å². The van der Waals surface area contributed by atoms with Gasteiger partial charge in [0.1, 0.15) is 11.9 Å². The van der Waals surface area contributed by atoms with E-state index in [-0.39, 0.29) is 11.7 Å². The van der Waals surface area contributed by atoms with E-state index in [0.29, 0.717) is 41.9 Å². The monoisotopic (exact) mass is 457 g/mol. The number of nitrogens with zero attached hydrogens (tertiary/aromatic N) is 4. The molecule has 0 aromatic heterocycles. The largest absolute Gasteiger partial charge is 0.489 e. The first-order valence-electron chi connectivity index (χ1n) is 11.4. The number of nitriles is 1. The molecule has 2 aromatic rings. The van der Waals surface area contributed by atoms with Gasteiger partial charge >= 0.3 is 0 Å². The van der Waals surface area contributed by atoms with Gasteiger partial charge in [-0.1, -0.05) is 6.07 Å². The van der Waals surface area contributed by atoms with Crippen LogP contribution >= 0.6 is 0 Å². The Morgan fingerprint density at radius 3 is 2.71 bits per heavy atom. The summed E-state index contributed by atoms with van der Waals surface area (Å²) in [6, 6.07) is 13.1. The van der Waals surface area contributed by atoms with E-state index in [4.69, 9.17) is 31.6 Å². The van der Waals surface area contributed by atoms with Gasteiger partial charge in [-0.3, -0.25) is 0 Å². The zero-order valence-corrected chi connectivity index (χ0v) is 19.5. The van der Waals surface area contributed by atoms with E-state index in [9.17, 15) is 5.26 Å². The zero-order valence-electron chi connectivity index (χ0n) is 19.5. The van der Waals surface area contributed by atoms with E-state index < -0.39 is 5.72 Å². The predicted octanol–water partition coefficient (Wildman–Crippen LogP) is 4.48. The highest BCUT2D eigenvalue weighted by atomic mass is 16.7. The van der Waals surface area contributed by atoms with Gasteiger partial charge < -0.3 is 15.2 Å². The molecule has 2 N–H and O–H groups in total. The molecule has 3 aliphatic rings. The zero-order chi connectivity index (χ0) is 24.1. The fourth-order valence-electron chi connectivity index (χ4n) is 5.21. The summed E-state index contributed by atoms with van der Waals surface area (Å²) in [5.74, 6) is 1.32. The number of guanidine groups is 1. The van der Waals surface area contributed by atoms with E-state index >= 15 is 0 Å². The van der Waals surface area contributed by atoms with Crippen LogP contribution < -0.4 is 10.5 Å². The average molecular weight is 458 g/mol. The second kappa shape index (κ2) is 8.02. The minimum atomic E-state index is -0.995. The molecule has 3 aliphatic heterocycles. The Kier molecular flexibility index (Phi) is 5.24. The van der Waals surface area contributed by atoms with E-state index in [1.807, 2.05) is 18.2 Å². The minimum absolute atomic E-state index is 0.0970. The van der Waals surface area contributed by atoms with Gasteiger partial charge in [-0.05, 0) is 68.1 Å². The molecule has 3 heterocycles. The number of ether oxygens (including phenoxy) is 2. The van der Waals surface area contributed by atoms with Gasteiger partial charge in [-0.15, -0.1) is 0 Å². The standard InChI is InChI=1S/C26H27N5O3/c1-25(2)13-18(7-8-32-25)23-14-26(30-24(28)31(4)34-26)21-12-17(5-6-22(21)33-23)19-9-16(15-27)10-20(11-19)29-3/h5-6,9-12,18,23H,7-8,13-14H2,1-2,4H3,(H2,28,30). The maximum absolute atomic E-state index is 9.40. The highest BCUT2D eigenvalue weighted by Gasteiger charge is 2.51. The number of hydroxylamine groups is 2. The molecule has 0 saturated carbocycles. The number of fused-ring (bicyclic) bond motifs is 2. The molecule has 0 aliphatic carbocycles. The third-order valence-electron chi connectivity index (χ3n) is 6.83. The van der Waals surface area contributed by atoms with E-state index in [2.05, 4.69) is 24.8 Å². The van der Waals surface area contributed by atoms with Gasteiger partial charge in [-0.2, -0.15) is 5.26 Å². The molecule has 174 valence electrons. The fraction of sp³-hybridized carbons (Fsp3) is 0.423. The third kappa shape index (κ3) is 3.86. The number of hydrogen-bond donors (Lipinski definition) is 1. The Bertz CT molecular complexity index is 1230. The second-order valence-electron chi connectivity index (χ2n) is 9.77. The van der Waals surface area contributed by atoms with Crippen molar-refractivity contribution in [3.8, 4) is 22.9 Å². The topological polar surface area (TPSA) is 97.5 Å². The molecule has 1 spiro atoms. The molecule has 8 heteroatoms. The van der Waals surface area contributed by atoms with Gasteiger partial charge in [0.05, 0.1) is 23.8 Å². The number of hydrogen-bond acceptors (Lipinski definition) is 7. The predicted molar refractivity (Wildman–Crippen MR) is 127 cm³/mol. The van der Waals surface area contributed by atoms with Crippen LogP contribution in [0.25, 0.3) is 16.0 Å². The molecule has 0 radical (unpaired) electrons. The maximum Gasteiger partial charge on any atom is 0.221 e. The van der Waals surface area contributed by atoms with Gasteiger partial charge in [0, 0.05) is 31.6 Å². The lowest BCUT2D eigenvalue weighted by molar-refractivity contribution is -0.198. The summed E-state index contributed by atoms with van der Waals surface area (Å²) in [5.41, 5.74) is 8.22. The fourth-order valence-corrected chi connectivity index (χ4v) is 5.21. The molecule has 1 saturated heterocycles. The third-order valence-corrected chi connectivity index (χ3v) is 6.83. The Morgan fingerprint density at radius 2 is 2.03 bits per heavy atom. The van der Waals surface area contributed by atoms with Crippen LogP contribution in [0, 0.1) is 23.8 Å². The Hall–Kier alpha value is -3.59. The minimum Gasteiger partial charge on any atom is -0.489 e. The number of rotatable bonds is 2. The first kappa shape index (κ1) is 22.2. The van der Waals surface area contributed by atoms with Crippen LogP contribution in [-0.4, -0.2) is 36.4 Å². The van der Waals surface area contributed by atoms with Crippen molar-refractivity contribution in [1.29, 1.82) is 5.26 Å². The summed E-state index contributed by atoms with van der Waals surface area (Å²) in [4.78, 5) is 14.6. The molecular formula is C26H27N5O3. The molecule has 0 amide bonds. The number of nitrogens with two attached hydrogens (primary N) is 1. The van der Waals surface area contributed by atoms with Gasteiger partial charge in [-0.25, -0.2) is 19.7 Å². The van der Waals surface area contributed by atoms with Crippen molar-refractivity contribution in [1.82, 2.24) is 5.06 Å². The van der Waals surface area contributed by atoms with Crippen LogP contribution in [0.1, 0.15) is 44.2 Å². The molecule has 1 fully saturated rings. The van der Waals surface area contributed by atoms with Crippen LogP contribution in [0.4, 0.5) is 5.69 Å². The highest BCUT2D eigenvalue weighted by molar-refractivity contribution is 5.79. The summed E-state index contributed by atoms with van der Waals surface area (Å²) in [7, 11) is 1.75. The van der Waals surface area contributed by atoms with E-state index in [1.54, 1.807) is 25.2 Å². The highest BCUT2D eigenvalue weighted by Crippen LogP contribution is 2.50. The molecular weight excluding hydrogens is 430 g/mol. The molecule has 5 rings (SSSR count). The lowest BCUT2D eigenvalue weighted by Crippen LogP contribution is -2.46. The lowest BCUT2D eigenvalue weighted by Gasteiger charge is -2.44. The Balaban J connectivity index is 1.58. The van der Waals surface area contributed by atoms with Crippen LogP contribution in [0.5, 0.6) is 5.75 Å². The van der Waals surface area contributed by atoms with E-state index in [1.165, 1.54) is 5.06 Å². The van der Waals surface area contributed by atoms with Crippen molar-refractivity contribution < 1.29 is 14.3 Å². The number of aliphatic imine (C=N–C) groups is 1. The molecule has 34 heavy (non-hydrogen) atoms. The molecule has 3 unspecified atom stereocenters. The van der Waals surface area contributed by atoms with Crippen LogP contribution in [0.15, 0.2) is 41.4 Å². The van der Waals surface area contributed by atoms with Gasteiger partial charge in [0.2, 0.25) is 11.7 Å². The Morgan fingerprint density at radius 1 is 1.21 bits per heavy atom. The number of benzene rings is 2. The summed E-state index contributed by atoms with van der Waals surface area (Å²) in [6.45, 7) is 12.3. The van der Waals surface area contributed by atoms with Crippen molar-refractivity contribution >= 4 is 11.6 Å².